The number of phenols is 1. The minimum atomic E-state index is -1.38. The molecule has 0 bridgehead atoms. The summed E-state index contributed by atoms with van der Waals surface area (Å²) < 4.78 is 27.0. The van der Waals surface area contributed by atoms with Crippen molar-refractivity contribution in [1.29, 1.82) is 0 Å². The van der Waals surface area contributed by atoms with Crippen LogP contribution >= 0.6 is 0 Å². The molecule has 2 N–H and O–H groups in total. The molecule has 3 nitrogen and oxygen atoms in total. The molecule has 0 aliphatic carbocycles. The summed E-state index contributed by atoms with van der Waals surface area (Å²) >= 11 is -1.38. The van der Waals surface area contributed by atoms with Crippen molar-refractivity contribution in [2.24, 2.45) is 0 Å². The van der Waals surface area contributed by atoms with E-state index in [1.54, 1.807) is 20.8 Å². The maximum absolute atomic E-state index is 13.1. The summed E-state index contributed by atoms with van der Waals surface area (Å²) in [5.74, 6) is -0.462. The Bertz CT molecular complexity index is 393. The summed E-state index contributed by atoms with van der Waals surface area (Å²) in [6.07, 6.45) is 0. The van der Waals surface area contributed by atoms with Crippen molar-refractivity contribution >= 4 is 11.4 Å². The Labute approximate surface area is 104 Å². The molecule has 0 fully saturated rings. The lowest BCUT2D eigenvalue weighted by molar-refractivity contribution is 0.456. The van der Waals surface area contributed by atoms with E-state index in [2.05, 4.69) is 11.6 Å². The Morgan fingerprint density at radius 1 is 1.53 bits per heavy atom. The van der Waals surface area contributed by atoms with Gasteiger partial charge >= 0.3 is 0 Å². The molecule has 0 aromatic heterocycles. The highest BCUT2D eigenvalue weighted by Crippen LogP contribution is 2.26. The molecular weight excluding hydrogens is 241 g/mol. The number of halogens is 1. The lowest BCUT2D eigenvalue weighted by atomic mass is 10.1. The van der Waals surface area contributed by atoms with Gasteiger partial charge in [-0.15, -0.1) is 4.72 Å². The fourth-order valence-corrected chi connectivity index (χ4v) is 2.02. The molecule has 5 heteroatoms. The van der Waals surface area contributed by atoms with Crippen LogP contribution in [0.2, 0.25) is 0 Å². The number of nitrogens with one attached hydrogen (secondary N) is 1. The lowest BCUT2D eigenvalue weighted by Gasteiger charge is -2.26. The smallest absolute Gasteiger partial charge is 0.139 e. The van der Waals surface area contributed by atoms with Gasteiger partial charge in [0.15, 0.2) is 0 Å². The summed E-state index contributed by atoms with van der Waals surface area (Å²) in [6.45, 7) is 8.93. The molecule has 0 amide bonds. The van der Waals surface area contributed by atoms with Crippen LogP contribution in [0.3, 0.4) is 0 Å². The lowest BCUT2D eigenvalue weighted by Crippen LogP contribution is -2.40. The molecule has 2 atom stereocenters. The van der Waals surface area contributed by atoms with Gasteiger partial charge < -0.3 is 9.66 Å². The Balaban J connectivity index is 2.83. The molecule has 17 heavy (non-hydrogen) atoms. The Kier molecular flexibility index (Phi) is 4.41. The average molecular weight is 258 g/mol. The minimum absolute atomic E-state index is 0.0229. The molecule has 0 aliphatic rings. The van der Waals surface area contributed by atoms with Gasteiger partial charge in [0.25, 0.3) is 0 Å². The zero-order valence-corrected chi connectivity index (χ0v) is 11.0. The molecule has 0 saturated heterocycles. The van der Waals surface area contributed by atoms with Gasteiger partial charge in [0.2, 0.25) is 0 Å². The van der Waals surface area contributed by atoms with E-state index in [0.717, 1.165) is 0 Å². The van der Waals surface area contributed by atoms with E-state index in [0.29, 0.717) is 5.56 Å². The van der Waals surface area contributed by atoms with E-state index in [1.165, 1.54) is 18.2 Å². The van der Waals surface area contributed by atoms with Gasteiger partial charge in [-0.25, -0.2) is 4.39 Å². The van der Waals surface area contributed by atoms with Crippen molar-refractivity contribution < 1.29 is 14.0 Å². The zero-order chi connectivity index (χ0) is 13.2. The van der Waals surface area contributed by atoms with Gasteiger partial charge in [0, 0.05) is 23.8 Å². The monoisotopic (exact) mass is 258 g/mol. The van der Waals surface area contributed by atoms with Crippen molar-refractivity contribution in [2.75, 3.05) is 0 Å². The minimum Gasteiger partial charge on any atom is -0.598 e. The van der Waals surface area contributed by atoms with Gasteiger partial charge in [-0.05, 0) is 39.0 Å². The Morgan fingerprint density at radius 3 is 2.65 bits per heavy atom. The molecule has 0 heterocycles. The topological polar surface area (TPSA) is 55.3 Å². The first-order valence-electron chi connectivity index (χ1n) is 5.23. The van der Waals surface area contributed by atoms with Crippen molar-refractivity contribution in [3.63, 3.8) is 0 Å². The molecule has 1 aromatic rings. The van der Waals surface area contributed by atoms with Crippen LogP contribution in [0.15, 0.2) is 18.2 Å². The van der Waals surface area contributed by atoms with E-state index in [4.69, 9.17) is 0 Å². The van der Waals surface area contributed by atoms with Crippen LogP contribution in [-0.2, 0) is 11.4 Å². The third-order valence-electron chi connectivity index (χ3n) is 2.24. The maximum atomic E-state index is 13.1. The van der Waals surface area contributed by atoms with Crippen molar-refractivity contribution in [3.05, 3.63) is 36.5 Å². The van der Waals surface area contributed by atoms with Crippen LogP contribution in [0.5, 0.6) is 5.75 Å². The Hall–Kier alpha value is -0.780. The van der Waals surface area contributed by atoms with Crippen LogP contribution in [-0.4, -0.2) is 14.4 Å². The highest BCUT2D eigenvalue weighted by molar-refractivity contribution is 7.90. The molecule has 95 valence electrons. The summed E-state index contributed by atoms with van der Waals surface area (Å²) in [4.78, 5) is 0. The number of phenolic OH excluding ortho intramolecular Hbond substituents is 1. The van der Waals surface area contributed by atoms with Crippen LogP contribution in [0, 0.1) is 12.7 Å². The van der Waals surface area contributed by atoms with E-state index < -0.39 is 28.0 Å². The highest BCUT2D eigenvalue weighted by Gasteiger charge is 2.29. The van der Waals surface area contributed by atoms with E-state index >= 15 is 0 Å². The van der Waals surface area contributed by atoms with Gasteiger partial charge in [0.05, 0.1) is 6.04 Å². The third kappa shape index (κ3) is 3.87. The van der Waals surface area contributed by atoms with Crippen LogP contribution < -0.4 is 4.72 Å². The normalized spacial score (nSPS) is 15.6. The number of hydrogen-bond acceptors (Lipinski definition) is 3. The van der Waals surface area contributed by atoms with Gasteiger partial charge in [-0.1, -0.05) is 0 Å². The largest absolute Gasteiger partial charge is 0.598 e. The second kappa shape index (κ2) is 5.25. The second-order valence-electron chi connectivity index (χ2n) is 4.57. The van der Waals surface area contributed by atoms with Gasteiger partial charge in [0.1, 0.15) is 16.3 Å². The molecule has 0 saturated carbocycles. The maximum Gasteiger partial charge on any atom is 0.139 e. The van der Waals surface area contributed by atoms with E-state index in [-0.39, 0.29) is 5.75 Å². The van der Waals surface area contributed by atoms with Crippen LogP contribution in [0.4, 0.5) is 4.39 Å². The summed E-state index contributed by atoms with van der Waals surface area (Å²) in [7, 11) is 0. The standard InChI is InChI=1S/C12H17FNO2S/c1-8(14-17(16)12(2,3)4)10-7-9(13)5-6-11(10)15/h5-8,14-15H,2H2,1,3-4H3/t8-,17?/m1/s1. The summed E-state index contributed by atoms with van der Waals surface area (Å²) in [6, 6.07) is 3.25. The first kappa shape index (κ1) is 14.3. The molecular formula is C12H17FNO2S. The molecule has 0 aliphatic heterocycles. The third-order valence-corrected chi connectivity index (χ3v) is 3.81. The first-order valence-corrected chi connectivity index (χ1v) is 6.38. The number of benzene rings is 1. The average Bonchev–Trinajstić information content (AvgIpc) is 2.20. The molecule has 0 spiro atoms. The van der Waals surface area contributed by atoms with Gasteiger partial charge in [-0.2, -0.15) is 0 Å². The predicted octanol–water partition coefficient (Wildman–Crippen LogP) is 2.46. The molecule has 1 rings (SSSR count). The summed E-state index contributed by atoms with van der Waals surface area (Å²) in [5, 5.41) is 9.60. The predicted molar refractivity (Wildman–Crippen MR) is 67.2 cm³/mol. The van der Waals surface area contributed by atoms with Crippen LogP contribution in [0.25, 0.3) is 0 Å². The van der Waals surface area contributed by atoms with Crippen LogP contribution in [0.1, 0.15) is 32.4 Å². The van der Waals surface area contributed by atoms with E-state index in [1.807, 2.05) is 0 Å². The quantitative estimate of drug-likeness (QED) is 0.816. The van der Waals surface area contributed by atoms with Crippen molar-refractivity contribution in [2.45, 2.75) is 31.6 Å². The number of hydrogen-bond donors (Lipinski definition) is 2. The SMILES string of the molecule is [CH2]C(C)(C)[S+]([O-])N[C@H](C)c1cc(F)ccc1O. The van der Waals surface area contributed by atoms with E-state index in [9.17, 15) is 14.0 Å². The molecule has 1 aromatic carbocycles. The first-order chi connectivity index (χ1) is 7.71. The van der Waals surface area contributed by atoms with Crippen molar-refractivity contribution in [3.8, 4) is 5.75 Å². The fourth-order valence-electron chi connectivity index (χ4n) is 1.26. The Morgan fingerprint density at radius 2 is 2.12 bits per heavy atom. The number of rotatable bonds is 4. The zero-order valence-electron chi connectivity index (χ0n) is 10.2. The fraction of sp³-hybridized carbons (Fsp3) is 0.417. The molecule has 1 unspecified atom stereocenters. The van der Waals surface area contributed by atoms with Crippen molar-refractivity contribution in [1.82, 2.24) is 4.72 Å². The highest BCUT2D eigenvalue weighted by atomic mass is 32.2. The number of aromatic hydroxyl groups is 1. The molecule has 1 radical (unpaired) electrons. The van der Waals surface area contributed by atoms with Gasteiger partial charge in [-0.3, -0.25) is 0 Å². The summed E-state index contributed by atoms with van der Waals surface area (Å²) in [5.41, 5.74) is 0.377. The second-order valence-corrected chi connectivity index (χ2v) is 6.45.